The van der Waals surface area contributed by atoms with Crippen molar-refractivity contribution in [3.05, 3.63) is 0 Å². The quantitative estimate of drug-likeness (QED) is 0.576. The molecule has 0 aromatic rings. The Bertz CT molecular complexity index is 291. The molecule has 0 aromatic heterocycles. The summed E-state index contributed by atoms with van der Waals surface area (Å²) in [5.74, 6) is -0.0960. The van der Waals surface area contributed by atoms with Crippen LogP contribution in [0.25, 0.3) is 0 Å². The molecule has 0 amide bonds. The van der Waals surface area contributed by atoms with Crippen LogP contribution in [0.5, 0.6) is 0 Å². The molecule has 2 rings (SSSR count). The highest BCUT2D eigenvalue weighted by Crippen LogP contribution is 2.42. The van der Waals surface area contributed by atoms with Crippen LogP contribution in [0.15, 0.2) is 0 Å². The van der Waals surface area contributed by atoms with Gasteiger partial charge < -0.3 is 9.47 Å². The molecular formula is C11H16Br2O3. The van der Waals surface area contributed by atoms with Crippen molar-refractivity contribution in [3.63, 3.8) is 0 Å². The van der Waals surface area contributed by atoms with Gasteiger partial charge in [-0.15, -0.1) is 0 Å². The summed E-state index contributed by atoms with van der Waals surface area (Å²) >= 11 is 6.99. The van der Waals surface area contributed by atoms with E-state index >= 15 is 0 Å². The minimum Gasteiger partial charge on any atom is -0.457 e. The standard InChI is InChI=1S/C11H16Br2O3/c1-10(4-3-9(14)16-10)8-2-5-11(6-12,7-13)15-8/h8H,2-7H2,1H3. The average Bonchev–Trinajstić information content (AvgIpc) is 2.85. The molecule has 0 saturated carbocycles. The number of hydrogen-bond donors (Lipinski definition) is 0. The molecule has 2 heterocycles. The van der Waals surface area contributed by atoms with Crippen molar-refractivity contribution in [2.24, 2.45) is 0 Å². The molecular weight excluding hydrogens is 340 g/mol. The zero-order valence-corrected chi connectivity index (χ0v) is 12.5. The zero-order chi connectivity index (χ0) is 11.8. The van der Waals surface area contributed by atoms with Gasteiger partial charge in [-0.2, -0.15) is 0 Å². The maximum Gasteiger partial charge on any atom is 0.306 e. The van der Waals surface area contributed by atoms with E-state index in [2.05, 4.69) is 31.9 Å². The number of alkyl halides is 2. The van der Waals surface area contributed by atoms with Crippen molar-refractivity contribution in [2.45, 2.75) is 49.9 Å². The summed E-state index contributed by atoms with van der Waals surface area (Å²) in [6.45, 7) is 1.99. The van der Waals surface area contributed by atoms with Gasteiger partial charge in [0.15, 0.2) is 0 Å². The second-order valence-electron chi connectivity index (χ2n) is 4.88. The maximum absolute atomic E-state index is 11.2. The Morgan fingerprint density at radius 3 is 2.50 bits per heavy atom. The molecule has 0 bridgehead atoms. The van der Waals surface area contributed by atoms with Crippen LogP contribution in [0.1, 0.15) is 32.6 Å². The lowest BCUT2D eigenvalue weighted by Crippen LogP contribution is -2.42. The molecule has 2 fully saturated rings. The number of cyclic esters (lactones) is 1. The first-order chi connectivity index (χ1) is 7.53. The molecule has 0 radical (unpaired) electrons. The van der Waals surface area contributed by atoms with Crippen LogP contribution in [-0.4, -0.2) is 33.9 Å². The number of hydrogen-bond acceptors (Lipinski definition) is 3. The third-order valence-corrected chi connectivity index (χ3v) is 5.64. The monoisotopic (exact) mass is 354 g/mol. The summed E-state index contributed by atoms with van der Waals surface area (Å²) < 4.78 is 11.5. The maximum atomic E-state index is 11.2. The van der Waals surface area contributed by atoms with Crippen molar-refractivity contribution < 1.29 is 14.3 Å². The second kappa shape index (κ2) is 4.58. The topological polar surface area (TPSA) is 35.5 Å². The van der Waals surface area contributed by atoms with Gasteiger partial charge in [-0.05, 0) is 26.2 Å². The summed E-state index contributed by atoms with van der Waals surface area (Å²) in [5.41, 5.74) is -0.550. The zero-order valence-electron chi connectivity index (χ0n) is 9.30. The van der Waals surface area contributed by atoms with Gasteiger partial charge >= 0.3 is 5.97 Å². The van der Waals surface area contributed by atoms with E-state index in [0.717, 1.165) is 29.9 Å². The Kier molecular flexibility index (Phi) is 3.67. The number of ether oxygens (including phenoxy) is 2. The van der Waals surface area contributed by atoms with Crippen molar-refractivity contribution in [1.82, 2.24) is 0 Å². The molecule has 3 nitrogen and oxygen atoms in total. The van der Waals surface area contributed by atoms with Crippen LogP contribution in [-0.2, 0) is 14.3 Å². The molecule has 0 aliphatic carbocycles. The number of esters is 1. The smallest absolute Gasteiger partial charge is 0.306 e. The summed E-state index contributed by atoms with van der Waals surface area (Å²) in [6.07, 6.45) is 3.29. The van der Waals surface area contributed by atoms with Crippen molar-refractivity contribution in [2.75, 3.05) is 10.7 Å². The molecule has 2 aliphatic heterocycles. The Balaban J connectivity index is 2.06. The Labute approximate surface area is 113 Å². The molecule has 2 aliphatic rings. The second-order valence-corrected chi connectivity index (χ2v) is 6.00. The summed E-state index contributed by atoms with van der Waals surface area (Å²) in [5, 5.41) is 1.62. The average molecular weight is 356 g/mol. The fourth-order valence-electron chi connectivity index (χ4n) is 2.42. The summed E-state index contributed by atoms with van der Waals surface area (Å²) in [7, 11) is 0. The van der Waals surface area contributed by atoms with Crippen molar-refractivity contribution in [3.8, 4) is 0 Å². The highest BCUT2D eigenvalue weighted by molar-refractivity contribution is 9.09. The van der Waals surface area contributed by atoms with E-state index in [1.54, 1.807) is 0 Å². The highest BCUT2D eigenvalue weighted by Gasteiger charge is 2.50. The number of halogens is 2. The van der Waals surface area contributed by atoms with Gasteiger partial charge in [-0.3, -0.25) is 4.79 Å². The first-order valence-electron chi connectivity index (χ1n) is 5.55. The molecule has 2 unspecified atom stereocenters. The van der Waals surface area contributed by atoms with Crippen molar-refractivity contribution >= 4 is 37.8 Å². The van der Waals surface area contributed by atoms with Crippen LogP contribution in [0.2, 0.25) is 0 Å². The van der Waals surface area contributed by atoms with Crippen LogP contribution in [0.3, 0.4) is 0 Å². The highest BCUT2D eigenvalue weighted by atomic mass is 79.9. The SMILES string of the molecule is CC1(C2CCC(CBr)(CBr)O2)CCC(=O)O1. The van der Waals surface area contributed by atoms with Gasteiger partial charge in [0.1, 0.15) is 5.60 Å². The molecule has 0 N–H and O–H groups in total. The Morgan fingerprint density at radius 2 is 2.06 bits per heavy atom. The lowest BCUT2D eigenvalue weighted by atomic mass is 9.93. The molecule has 92 valence electrons. The number of rotatable bonds is 3. The lowest BCUT2D eigenvalue weighted by Gasteiger charge is -2.32. The van der Waals surface area contributed by atoms with E-state index in [0.29, 0.717) is 6.42 Å². The third kappa shape index (κ3) is 2.18. The number of carbonyl (C=O) groups is 1. The summed E-state index contributed by atoms with van der Waals surface area (Å²) in [6, 6.07) is 0. The first-order valence-corrected chi connectivity index (χ1v) is 7.79. The van der Waals surface area contributed by atoms with Crippen LogP contribution >= 0.6 is 31.9 Å². The largest absolute Gasteiger partial charge is 0.457 e. The predicted octanol–water partition coefficient (Wildman–Crippen LogP) is 2.79. The van der Waals surface area contributed by atoms with Crippen LogP contribution < -0.4 is 0 Å². The van der Waals surface area contributed by atoms with Crippen LogP contribution in [0, 0.1) is 0 Å². The lowest BCUT2D eigenvalue weighted by molar-refractivity contribution is -0.163. The predicted molar refractivity (Wildman–Crippen MR) is 68.2 cm³/mol. The fourth-order valence-corrected chi connectivity index (χ4v) is 4.17. The molecule has 2 atom stereocenters. The van der Waals surface area contributed by atoms with Gasteiger partial charge in [0.2, 0.25) is 0 Å². The van der Waals surface area contributed by atoms with E-state index in [1.165, 1.54) is 0 Å². The minimum absolute atomic E-state index is 0.0362. The van der Waals surface area contributed by atoms with E-state index in [-0.39, 0.29) is 17.7 Å². The Hall–Kier alpha value is 0.390. The molecule has 0 aromatic carbocycles. The van der Waals surface area contributed by atoms with E-state index in [4.69, 9.17) is 9.47 Å². The first kappa shape index (κ1) is 12.8. The minimum atomic E-state index is -0.414. The molecule has 0 spiro atoms. The van der Waals surface area contributed by atoms with Gasteiger partial charge in [0.25, 0.3) is 0 Å². The van der Waals surface area contributed by atoms with E-state index < -0.39 is 5.60 Å². The van der Waals surface area contributed by atoms with Gasteiger partial charge in [0.05, 0.1) is 11.7 Å². The van der Waals surface area contributed by atoms with Gasteiger partial charge in [0, 0.05) is 17.1 Å². The fraction of sp³-hybridized carbons (Fsp3) is 0.909. The van der Waals surface area contributed by atoms with E-state index in [9.17, 15) is 4.79 Å². The third-order valence-electron chi connectivity index (χ3n) is 3.60. The van der Waals surface area contributed by atoms with Gasteiger partial charge in [-0.1, -0.05) is 31.9 Å². The molecule has 5 heteroatoms. The number of carbonyl (C=O) groups excluding carboxylic acids is 1. The van der Waals surface area contributed by atoms with Gasteiger partial charge in [-0.25, -0.2) is 0 Å². The molecule has 16 heavy (non-hydrogen) atoms. The Morgan fingerprint density at radius 1 is 1.38 bits per heavy atom. The normalized spacial score (nSPS) is 37.7. The molecule has 2 saturated heterocycles. The van der Waals surface area contributed by atoms with E-state index in [1.807, 2.05) is 6.92 Å². The van der Waals surface area contributed by atoms with Crippen molar-refractivity contribution in [1.29, 1.82) is 0 Å². The summed E-state index contributed by atoms with van der Waals surface area (Å²) in [4.78, 5) is 11.2. The van der Waals surface area contributed by atoms with Crippen LogP contribution in [0.4, 0.5) is 0 Å².